The van der Waals surface area contributed by atoms with Crippen molar-refractivity contribution in [1.29, 1.82) is 0 Å². The van der Waals surface area contributed by atoms with Crippen molar-refractivity contribution >= 4 is 0 Å². The number of alkyl halides is 2. The quantitative estimate of drug-likeness (QED) is 0.754. The van der Waals surface area contributed by atoms with E-state index in [1.807, 2.05) is 0 Å². The summed E-state index contributed by atoms with van der Waals surface area (Å²) in [6.45, 7) is 0.538. The van der Waals surface area contributed by atoms with Gasteiger partial charge >= 0.3 is 0 Å². The zero-order chi connectivity index (χ0) is 11.3. The van der Waals surface area contributed by atoms with E-state index in [1.54, 1.807) is 0 Å². The smallest absolute Gasteiger partial charge is 0.263 e. The number of rotatable bonds is 5. The Morgan fingerprint density at radius 2 is 1.93 bits per heavy atom. The van der Waals surface area contributed by atoms with Gasteiger partial charge < -0.3 is 5.73 Å². The summed E-state index contributed by atoms with van der Waals surface area (Å²) in [6.07, 6.45) is -0.582. The normalized spacial score (nSPS) is 11.0. The Morgan fingerprint density at radius 1 is 1.20 bits per heavy atom. The number of hydrogen-bond donors (Lipinski definition) is 1. The molecule has 0 saturated heterocycles. The number of hydrogen-bond acceptors (Lipinski definition) is 1. The SMILES string of the molecule is NCCCCc1cc(C(F)F)ccc1F. The van der Waals surface area contributed by atoms with Gasteiger partial charge in [0, 0.05) is 5.56 Å². The van der Waals surface area contributed by atoms with E-state index in [9.17, 15) is 13.2 Å². The largest absolute Gasteiger partial charge is 0.330 e. The summed E-state index contributed by atoms with van der Waals surface area (Å²) < 4.78 is 37.8. The lowest BCUT2D eigenvalue weighted by Crippen LogP contribution is -2.00. The van der Waals surface area contributed by atoms with Crippen LogP contribution in [0.3, 0.4) is 0 Å². The molecule has 1 nitrogen and oxygen atoms in total. The molecule has 1 rings (SSSR count). The summed E-state index contributed by atoms with van der Waals surface area (Å²) in [7, 11) is 0. The first-order valence-corrected chi connectivity index (χ1v) is 4.91. The van der Waals surface area contributed by atoms with Gasteiger partial charge in [-0.1, -0.05) is 6.07 Å². The van der Waals surface area contributed by atoms with Crippen molar-refractivity contribution < 1.29 is 13.2 Å². The first-order valence-electron chi connectivity index (χ1n) is 4.91. The summed E-state index contributed by atoms with van der Waals surface area (Å²) in [5.41, 5.74) is 5.52. The molecule has 0 fully saturated rings. The average Bonchev–Trinajstić information content (AvgIpc) is 2.20. The van der Waals surface area contributed by atoms with Crippen molar-refractivity contribution in [3.8, 4) is 0 Å². The maximum atomic E-state index is 13.2. The molecule has 0 aliphatic rings. The van der Waals surface area contributed by atoms with Crippen LogP contribution in [-0.4, -0.2) is 6.54 Å². The van der Waals surface area contributed by atoms with E-state index in [-0.39, 0.29) is 5.56 Å². The molecular formula is C11H14F3N. The van der Waals surface area contributed by atoms with Crippen LogP contribution in [0.1, 0.15) is 30.4 Å². The first-order chi connectivity index (χ1) is 7.15. The van der Waals surface area contributed by atoms with Gasteiger partial charge in [-0.25, -0.2) is 13.2 Å². The number of benzene rings is 1. The van der Waals surface area contributed by atoms with Gasteiger partial charge in [-0.05, 0) is 43.5 Å². The van der Waals surface area contributed by atoms with Crippen LogP contribution in [0.2, 0.25) is 0 Å². The number of unbranched alkanes of at least 4 members (excludes halogenated alkanes) is 1. The van der Waals surface area contributed by atoms with Crippen LogP contribution in [0.4, 0.5) is 13.2 Å². The van der Waals surface area contributed by atoms with Crippen LogP contribution in [0.5, 0.6) is 0 Å². The molecule has 0 aliphatic carbocycles. The molecule has 0 unspecified atom stereocenters. The number of halogens is 3. The highest BCUT2D eigenvalue weighted by Crippen LogP contribution is 2.22. The minimum atomic E-state index is -2.54. The van der Waals surface area contributed by atoms with Crippen LogP contribution in [0.25, 0.3) is 0 Å². The van der Waals surface area contributed by atoms with Crippen molar-refractivity contribution in [3.05, 3.63) is 35.1 Å². The third-order valence-electron chi connectivity index (χ3n) is 2.22. The predicted molar refractivity (Wildman–Crippen MR) is 53.3 cm³/mol. The van der Waals surface area contributed by atoms with Crippen molar-refractivity contribution in [2.75, 3.05) is 6.54 Å². The van der Waals surface area contributed by atoms with E-state index in [1.165, 1.54) is 6.07 Å². The van der Waals surface area contributed by atoms with Crippen LogP contribution in [0, 0.1) is 5.82 Å². The molecule has 2 N–H and O–H groups in total. The maximum absolute atomic E-state index is 13.2. The average molecular weight is 217 g/mol. The Labute approximate surface area is 87.1 Å². The lowest BCUT2D eigenvalue weighted by molar-refractivity contribution is 0.151. The zero-order valence-electron chi connectivity index (χ0n) is 8.35. The van der Waals surface area contributed by atoms with Gasteiger partial charge in [0.15, 0.2) is 0 Å². The molecule has 4 heteroatoms. The van der Waals surface area contributed by atoms with Crippen molar-refractivity contribution in [2.45, 2.75) is 25.7 Å². The van der Waals surface area contributed by atoms with Crippen LogP contribution in [-0.2, 0) is 6.42 Å². The fourth-order valence-electron chi connectivity index (χ4n) is 1.38. The Morgan fingerprint density at radius 3 is 2.53 bits per heavy atom. The van der Waals surface area contributed by atoms with Gasteiger partial charge in [-0.15, -0.1) is 0 Å². The van der Waals surface area contributed by atoms with E-state index < -0.39 is 12.2 Å². The Balaban J connectivity index is 2.72. The molecule has 0 saturated carbocycles. The Kier molecular flexibility index (Phi) is 4.62. The van der Waals surface area contributed by atoms with Gasteiger partial charge in [0.05, 0.1) is 0 Å². The molecule has 0 heterocycles. The second kappa shape index (κ2) is 5.75. The third kappa shape index (κ3) is 3.55. The molecule has 0 radical (unpaired) electrons. The summed E-state index contributed by atoms with van der Waals surface area (Å²) in [5.74, 6) is -0.420. The van der Waals surface area contributed by atoms with Crippen molar-refractivity contribution in [1.82, 2.24) is 0 Å². The molecule has 1 aromatic rings. The van der Waals surface area contributed by atoms with Crippen LogP contribution in [0.15, 0.2) is 18.2 Å². The second-order valence-electron chi connectivity index (χ2n) is 3.40. The monoisotopic (exact) mass is 217 g/mol. The van der Waals surface area contributed by atoms with E-state index in [0.717, 1.165) is 25.0 Å². The number of nitrogens with two attached hydrogens (primary N) is 1. The first kappa shape index (κ1) is 12.0. The molecular weight excluding hydrogens is 203 g/mol. The lowest BCUT2D eigenvalue weighted by Gasteiger charge is -2.05. The molecule has 84 valence electrons. The fraction of sp³-hybridized carbons (Fsp3) is 0.455. The van der Waals surface area contributed by atoms with Gasteiger partial charge in [-0.2, -0.15) is 0 Å². The van der Waals surface area contributed by atoms with E-state index in [2.05, 4.69) is 0 Å². The second-order valence-corrected chi connectivity index (χ2v) is 3.40. The molecule has 0 aliphatic heterocycles. The maximum Gasteiger partial charge on any atom is 0.263 e. The minimum absolute atomic E-state index is 0.126. The standard InChI is InChI=1S/C11H14F3N/c12-10-5-4-9(11(13)14)7-8(10)3-1-2-6-15/h4-5,7,11H,1-3,6,15H2. The molecule has 0 atom stereocenters. The zero-order valence-corrected chi connectivity index (χ0v) is 8.35. The highest BCUT2D eigenvalue weighted by Gasteiger charge is 2.10. The van der Waals surface area contributed by atoms with Gasteiger partial charge in [0.25, 0.3) is 6.43 Å². The topological polar surface area (TPSA) is 26.0 Å². The van der Waals surface area contributed by atoms with Gasteiger partial charge in [-0.3, -0.25) is 0 Å². The molecule has 1 aromatic carbocycles. The van der Waals surface area contributed by atoms with E-state index in [0.29, 0.717) is 18.5 Å². The minimum Gasteiger partial charge on any atom is -0.330 e. The summed E-state index contributed by atoms with van der Waals surface area (Å²) >= 11 is 0. The number of aryl methyl sites for hydroxylation is 1. The summed E-state index contributed by atoms with van der Waals surface area (Å²) in [5, 5.41) is 0. The predicted octanol–water partition coefficient (Wildman–Crippen LogP) is 3.04. The highest BCUT2D eigenvalue weighted by molar-refractivity contribution is 5.26. The third-order valence-corrected chi connectivity index (χ3v) is 2.22. The van der Waals surface area contributed by atoms with Crippen molar-refractivity contribution in [3.63, 3.8) is 0 Å². The van der Waals surface area contributed by atoms with Crippen molar-refractivity contribution in [2.24, 2.45) is 5.73 Å². The fourth-order valence-corrected chi connectivity index (χ4v) is 1.38. The molecule has 0 bridgehead atoms. The summed E-state index contributed by atoms with van der Waals surface area (Å²) in [4.78, 5) is 0. The van der Waals surface area contributed by atoms with Crippen LogP contribution >= 0.6 is 0 Å². The lowest BCUT2D eigenvalue weighted by atomic mass is 10.0. The van der Waals surface area contributed by atoms with Gasteiger partial charge in [0.1, 0.15) is 5.82 Å². The summed E-state index contributed by atoms with van der Waals surface area (Å²) in [6, 6.07) is 3.45. The molecule has 0 aromatic heterocycles. The van der Waals surface area contributed by atoms with Gasteiger partial charge in [0.2, 0.25) is 0 Å². The van der Waals surface area contributed by atoms with E-state index >= 15 is 0 Å². The Bertz CT molecular complexity index is 313. The molecule has 0 spiro atoms. The molecule has 0 amide bonds. The van der Waals surface area contributed by atoms with E-state index in [4.69, 9.17) is 5.73 Å². The van der Waals surface area contributed by atoms with Crippen LogP contribution < -0.4 is 5.73 Å². The Hall–Kier alpha value is -1.03. The molecule has 15 heavy (non-hydrogen) atoms. The highest BCUT2D eigenvalue weighted by atomic mass is 19.3.